The van der Waals surface area contributed by atoms with Crippen molar-refractivity contribution < 1.29 is 19.3 Å². The highest BCUT2D eigenvalue weighted by molar-refractivity contribution is 5.00. The lowest BCUT2D eigenvalue weighted by Crippen LogP contribution is -2.65. The van der Waals surface area contributed by atoms with E-state index >= 15 is 0 Å². The van der Waals surface area contributed by atoms with Gasteiger partial charge >= 0.3 is 0 Å². The van der Waals surface area contributed by atoms with Crippen LogP contribution in [0.4, 0.5) is 0 Å². The molecule has 23 heavy (non-hydrogen) atoms. The number of ether oxygens (including phenoxy) is 3. The van der Waals surface area contributed by atoms with Crippen molar-refractivity contribution in [2.75, 3.05) is 27.7 Å². The minimum Gasteiger partial charge on any atom is -0.389 e. The van der Waals surface area contributed by atoms with Crippen molar-refractivity contribution >= 4 is 0 Å². The largest absolute Gasteiger partial charge is 0.389 e. The smallest absolute Gasteiger partial charge is 0.173 e. The van der Waals surface area contributed by atoms with Gasteiger partial charge in [-0.05, 0) is 33.4 Å². The zero-order valence-electron chi connectivity index (χ0n) is 14.3. The summed E-state index contributed by atoms with van der Waals surface area (Å²) >= 11 is 0. The molecule has 8 nitrogen and oxygen atoms in total. The molecule has 1 saturated heterocycles. The van der Waals surface area contributed by atoms with Crippen molar-refractivity contribution in [3.63, 3.8) is 0 Å². The fraction of sp³-hybridized carbons (Fsp3) is 1.00. The Kier molecular flexibility index (Phi) is 7.18. The Morgan fingerprint density at radius 1 is 1.22 bits per heavy atom. The second-order valence-electron chi connectivity index (χ2n) is 6.50. The summed E-state index contributed by atoms with van der Waals surface area (Å²) in [6.07, 6.45) is 0.362. The number of likely N-dealkylation sites (N-methyl/N-ethyl adjacent to an activating group) is 2. The highest BCUT2D eigenvalue weighted by Gasteiger charge is 2.45. The molecule has 2 fully saturated rings. The second kappa shape index (κ2) is 8.68. The molecule has 136 valence electrons. The van der Waals surface area contributed by atoms with Gasteiger partial charge in [0.2, 0.25) is 0 Å². The minimum absolute atomic E-state index is 0.0635. The number of hydrogen-bond donors (Lipinski definition) is 5. The molecule has 0 spiro atoms. The molecule has 1 aliphatic carbocycles. The Bertz CT molecular complexity index is 362. The van der Waals surface area contributed by atoms with E-state index in [9.17, 15) is 5.11 Å². The minimum atomic E-state index is -0.783. The van der Waals surface area contributed by atoms with Gasteiger partial charge in [-0.2, -0.15) is 0 Å². The molecule has 0 radical (unpaired) electrons. The van der Waals surface area contributed by atoms with E-state index in [-0.39, 0.29) is 30.3 Å². The van der Waals surface area contributed by atoms with Crippen LogP contribution in [0.2, 0.25) is 0 Å². The van der Waals surface area contributed by atoms with Crippen LogP contribution in [0.5, 0.6) is 0 Å². The van der Waals surface area contributed by atoms with Crippen LogP contribution in [-0.4, -0.2) is 81.7 Å². The molecule has 1 aliphatic heterocycles. The van der Waals surface area contributed by atoms with Crippen LogP contribution in [0, 0.1) is 0 Å². The lowest BCUT2D eigenvalue weighted by molar-refractivity contribution is -0.250. The third-order valence-electron chi connectivity index (χ3n) is 4.89. The number of hydrogen-bond acceptors (Lipinski definition) is 8. The van der Waals surface area contributed by atoms with Gasteiger partial charge in [-0.3, -0.25) is 0 Å². The van der Waals surface area contributed by atoms with E-state index in [0.717, 1.165) is 19.4 Å². The Morgan fingerprint density at radius 3 is 2.57 bits per heavy atom. The first-order chi connectivity index (χ1) is 11.0. The molecule has 0 aromatic carbocycles. The van der Waals surface area contributed by atoms with E-state index in [1.807, 2.05) is 7.05 Å². The fourth-order valence-corrected chi connectivity index (χ4v) is 3.55. The van der Waals surface area contributed by atoms with E-state index in [2.05, 4.69) is 10.6 Å². The quantitative estimate of drug-likeness (QED) is 0.383. The average molecular weight is 332 g/mol. The van der Waals surface area contributed by atoms with Crippen molar-refractivity contribution in [1.82, 2.24) is 10.6 Å². The number of methoxy groups -OCH3 is 1. The van der Waals surface area contributed by atoms with Gasteiger partial charge in [0.15, 0.2) is 6.29 Å². The van der Waals surface area contributed by atoms with Crippen LogP contribution in [0.1, 0.15) is 19.3 Å². The SMILES string of the molecule is CNC[C@H]1CC[C@H](N)[C@@H](O[C@H]2[C@H](O)[C@@H](NC)[C@@H](OC)C[C@H]2N)O1. The molecule has 2 rings (SSSR count). The number of aliphatic hydroxyl groups is 1. The van der Waals surface area contributed by atoms with E-state index in [1.165, 1.54) is 0 Å². The van der Waals surface area contributed by atoms with E-state index in [0.29, 0.717) is 6.42 Å². The van der Waals surface area contributed by atoms with Gasteiger partial charge in [0, 0.05) is 19.7 Å². The molecule has 7 N–H and O–H groups in total. The average Bonchev–Trinajstić information content (AvgIpc) is 2.53. The van der Waals surface area contributed by atoms with Crippen molar-refractivity contribution in [2.24, 2.45) is 11.5 Å². The maximum atomic E-state index is 10.6. The maximum Gasteiger partial charge on any atom is 0.173 e. The zero-order chi connectivity index (χ0) is 17.0. The van der Waals surface area contributed by atoms with E-state index in [4.69, 9.17) is 25.7 Å². The Balaban J connectivity index is 2.02. The predicted molar refractivity (Wildman–Crippen MR) is 86.9 cm³/mol. The Hall–Kier alpha value is -0.320. The Morgan fingerprint density at radius 2 is 1.96 bits per heavy atom. The molecule has 8 atom stereocenters. The maximum absolute atomic E-state index is 10.6. The number of nitrogens with two attached hydrogens (primary N) is 2. The lowest BCUT2D eigenvalue weighted by atomic mass is 9.84. The zero-order valence-corrected chi connectivity index (χ0v) is 14.3. The normalized spacial score (nSPS) is 45.1. The molecule has 0 unspecified atom stereocenters. The van der Waals surface area contributed by atoms with Gasteiger partial charge in [-0.15, -0.1) is 0 Å². The molecule has 0 aromatic rings. The summed E-state index contributed by atoms with van der Waals surface area (Å²) in [6, 6.07) is -0.784. The van der Waals surface area contributed by atoms with Gasteiger partial charge in [-0.1, -0.05) is 0 Å². The summed E-state index contributed by atoms with van der Waals surface area (Å²) in [6.45, 7) is 0.747. The number of nitrogens with one attached hydrogen (secondary N) is 2. The second-order valence-corrected chi connectivity index (χ2v) is 6.50. The summed E-state index contributed by atoms with van der Waals surface area (Å²) < 4.78 is 17.4. The highest BCUT2D eigenvalue weighted by Crippen LogP contribution is 2.27. The van der Waals surface area contributed by atoms with Crippen molar-refractivity contribution in [3.05, 3.63) is 0 Å². The first-order valence-corrected chi connectivity index (χ1v) is 8.36. The van der Waals surface area contributed by atoms with Crippen LogP contribution in [0.3, 0.4) is 0 Å². The molecule has 0 bridgehead atoms. The summed E-state index contributed by atoms with van der Waals surface area (Å²) in [5, 5.41) is 16.8. The summed E-state index contributed by atoms with van der Waals surface area (Å²) in [7, 11) is 5.30. The molecule has 1 saturated carbocycles. The first kappa shape index (κ1) is 19.0. The van der Waals surface area contributed by atoms with E-state index in [1.54, 1.807) is 14.2 Å². The Labute approximate surface area is 138 Å². The number of aliphatic hydroxyl groups excluding tert-OH is 1. The van der Waals surface area contributed by atoms with Gasteiger partial charge in [0.1, 0.15) is 6.10 Å². The third-order valence-corrected chi connectivity index (χ3v) is 4.89. The predicted octanol–water partition coefficient (Wildman–Crippen LogP) is -1.88. The third kappa shape index (κ3) is 4.40. The van der Waals surface area contributed by atoms with Crippen LogP contribution in [0.15, 0.2) is 0 Å². The van der Waals surface area contributed by atoms with Crippen LogP contribution >= 0.6 is 0 Å². The van der Waals surface area contributed by atoms with Crippen molar-refractivity contribution in [2.45, 2.75) is 68.1 Å². The number of rotatable bonds is 6. The summed E-state index contributed by atoms with van der Waals surface area (Å²) in [5.41, 5.74) is 12.3. The standard InChI is InChI=1S/C15H32N4O4/c1-18-7-8-4-5-9(16)15(22-8)23-14-10(17)6-11(21-3)12(19-2)13(14)20/h8-15,18-20H,4-7,16-17H2,1-3H3/t8-,9+,10-,11+,12+,13-,14-,15-/m1/s1. The van der Waals surface area contributed by atoms with Gasteiger partial charge in [0.05, 0.1) is 30.4 Å². The monoisotopic (exact) mass is 332 g/mol. The lowest BCUT2D eigenvalue weighted by Gasteiger charge is -2.45. The van der Waals surface area contributed by atoms with Gasteiger partial charge < -0.3 is 41.4 Å². The molecule has 8 heteroatoms. The van der Waals surface area contributed by atoms with Crippen molar-refractivity contribution in [3.8, 4) is 0 Å². The summed E-state index contributed by atoms with van der Waals surface area (Å²) in [4.78, 5) is 0. The topological polar surface area (TPSA) is 124 Å². The molecule has 0 amide bonds. The van der Waals surface area contributed by atoms with Crippen LogP contribution in [-0.2, 0) is 14.2 Å². The molecule has 1 heterocycles. The van der Waals surface area contributed by atoms with Crippen LogP contribution in [0.25, 0.3) is 0 Å². The molecule has 2 aliphatic rings. The van der Waals surface area contributed by atoms with Crippen LogP contribution < -0.4 is 22.1 Å². The molecular weight excluding hydrogens is 300 g/mol. The van der Waals surface area contributed by atoms with Crippen molar-refractivity contribution in [1.29, 1.82) is 0 Å². The summed E-state index contributed by atoms with van der Waals surface area (Å²) in [5.74, 6) is 0. The van der Waals surface area contributed by atoms with E-state index < -0.39 is 18.5 Å². The molecular formula is C15H32N4O4. The first-order valence-electron chi connectivity index (χ1n) is 8.36. The highest BCUT2D eigenvalue weighted by atomic mass is 16.7. The van der Waals surface area contributed by atoms with Gasteiger partial charge in [0.25, 0.3) is 0 Å². The van der Waals surface area contributed by atoms with Gasteiger partial charge in [-0.25, -0.2) is 0 Å². The molecule has 0 aromatic heterocycles. The fourth-order valence-electron chi connectivity index (χ4n) is 3.55.